The number of hydrogen-bond donors (Lipinski definition) is 0. The summed E-state index contributed by atoms with van der Waals surface area (Å²) < 4.78 is 22.7. The molecule has 4 heteroatoms. The van der Waals surface area contributed by atoms with Gasteiger partial charge in [-0.2, -0.15) is 0 Å². The molecule has 4 nitrogen and oxygen atoms in total. The third-order valence-electron chi connectivity index (χ3n) is 6.11. The first-order valence-corrected chi connectivity index (χ1v) is 14.9. The Morgan fingerprint density at radius 3 is 1.62 bits per heavy atom. The quantitative estimate of drug-likeness (QED) is 0.0601. The molecule has 0 aliphatic heterocycles. The molecule has 0 fully saturated rings. The van der Waals surface area contributed by atoms with Gasteiger partial charge in [-0.25, -0.2) is 0 Å². The van der Waals surface area contributed by atoms with Crippen LogP contribution in [0.1, 0.15) is 149 Å². The second kappa shape index (κ2) is 30.5. The Bertz CT molecular complexity index is 372. The van der Waals surface area contributed by atoms with Gasteiger partial charge < -0.3 is 18.9 Å². The molecule has 34 heavy (non-hydrogen) atoms. The summed E-state index contributed by atoms with van der Waals surface area (Å²) in [6.07, 6.45) is 29.1. The maximum atomic E-state index is 6.08. The lowest BCUT2D eigenvalue weighted by atomic mass is 10.1. The SMILES string of the molecule is CCCCCCOC(CCCCCCCCCCCC=COCOCCC)OCCCCCC. The van der Waals surface area contributed by atoms with Crippen LogP contribution in [0.5, 0.6) is 0 Å². The number of unbranched alkanes of at least 4 members (excludes halogenated alkanes) is 15. The van der Waals surface area contributed by atoms with Gasteiger partial charge >= 0.3 is 0 Å². The van der Waals surface area contributed by atoms with Crippen molar-refractivity contribution in [3.63, 3.8) is 0 Å². The zero-order valence-corrected chi connectivity index (χ0v) is 23.3. The van der Waals surface area contributed by atoms with Crippen LogP contribution in [0.2, 0.25) is 0 Å². The van der Waals surface area contributed by atoms with Crippen LogP contribution in [-0.4, -0.2) is 32.9 Å². The van der Waals surface area contributed by atoms with E-state index in [1.165, 1.54) is 109 Å². The van der Waals surface area contributed by atoms with Crippen LogP contribution in [0.4, 0.5) is 0 Å². The highest BCUT2D eigenvalue weighted by molar-refractivity contribution is 4.72. The minimum absolute atomic E-state index is 0.0200. The molecule has 0 aromatic carbocycles. The van der Waals surface area contributed by atoms with Crippen molar-refractivity contribution in [1.29, 1.82) is 0 Å². The van der Waals surface area contributed by atoms with Crippen molar-refractivity contribution in [2.24, 2.45) is 0 Å². The van der Waals surface area contributed by atoms with Gasteiger partial charge in [0.1, 0.15) is 0 Å². The third-order valence-corrected chi connectivity index (χ3v) is 6.11. The second-order valence-electron chi connectivity index (χ2n) is 9.62. The first-order valence-electron chi connectivity index (χ1n) is 14.9. The molecule has 0 aliphatic rings. The fourth-order valence-corrected chi connectivity index (χ4v) is 3.94. The molecule has 0 rings (SSSR count). The summed E-state index contributed by atoms with van der Waals surface area (Å²) in [5.41, 5.74) is 0. The summed E-state index contributed by atoms with van der Waals surface area (Å²) in [5.74, 6) is 0. The van der Waals surface area contributed by atoms with Crippen molar-refractivity contribution < 1.29 is 18.9 Å². The summed E-state index contributed by atoms with van der Waals surface area (Å²) in [5, 5.41) is 0. The first kappa shape index (κ1) is 33.4. The molecular formula is C30H60O4. The Morgan fingerprint density at radius 2 is 1.06 bits per heavy atom. The van der Waals surface area contributed by atoms with E-state index in [-0.39, 0.29) is 6.29 Å². The average Bonchev–Trinajstić information content (AvgIpc) is 2.85. The molecule has 0 saturated heterocycles. The normalized spacial score (nSPS) is 11.8. The molecule has 0 heterocycles. The number of allylic oxidation sites excluding steroid dienone is 1. The van der Waals surface area contributed by atoms with E-state index in [1.54, 1.807) is 6.26 Å². The average molecular weight is 485 g/mol. The summed E-state index contributed by atoms with van der Waals surface area (Å²) in [6, 6.07) is 0. The van der Waals surface area contributed by atoms with Crippen LogP contribution < -0.4 is 0 Å². The number of hydrogen-bond acceptors (Lipinski definition) is 4. The summed E-state index contributed by atoms with van der Waals surface area (Å²) in [4.78, 5) is 0. The van der Waals surface area contributed by atoms with E-state index in [2.05, 4.69) is 26.8 Å². The Labute approximate surface area is 213 Å². The van der Waals surface area contributed by atoms with Crippen LogP contribution >= 0.6 is 0 Å². The Balaban J connectivity index is 3.58. The van der Waals surface area contributed by atoms with Crippen molar-refractivity contribution in [1.82, 2.24) is 0 Å². The second-order valence-corrected chi connectivity index (χ2v) is 9.62. The molecule has 0 N–H and O–H groups in total. The Morgan fingerprint density at radius 1 is 0.529 bits per heavy atom. The zero-order chi connectivity index (χ0) is 24.8. The molecule has 0 saturated carbocycles. The summed E-state index contributed by atoms with van der Waals surface area (Å²) in [6.45, 7) is 9.48. The minimum atomic E-state index is 0.0200. The standard InChI is InChI=1S/C30H60O4/c1-4-7-9-22-27-33-30(34-28-23-10-8-5-2)24-20-18-16-14-12-11-13-15-17-19-21-26-32-29-31-25-6-3/h21,26,30H,4-20,22-25,27-29H2,1-3H3. The van der Waals surface area contributed by atoms with Gasteiger partial charge in [0.2, 0.25) is 0 Å². The lowest BCUT2D eigenvalue weighted by Crippen LogP contribution is -2.19. The van der Waals surface area contributed by atoms with Gasteiger partial charge in [0.15, 0.2) is 13.1 Å². The fraction of sp³-hybridized carbons (Fsp3) is 0.933. The molecule has 0 atom stereocenters. The molecule has 0 aliphatic carbocycles. The highest BCUT2D eigenvalue weighted by atomic mass is 16.7. The van der Waals surface area contributed by atoms with Gasteiger partial charge in [-0.05, 0) is 51.0 Å². The van der Waals surface area contributed by atoms with Crippen LogP contribution in [0.25, 0.3) is 0 Å². The molecule has 0 bridgehead atoms. The van der Waals surface area contributed by atoms with Gasteiger partial charge in [0.05, 0.1) is 12.9 Å². The van der Waals surface area contributed by atoms with Crippen molar-refractivity contribution in [3.05, 3.63) is 12.3 Å². The lowest BCUT2D eigenvalue weighted by molar-refractivity contribution is -0.148. The molecular weight excluding hydrogens is 424 g/mol. The topological polar surface area (TPSA) is 36.9 Å². The maximum Gasteiger partial charge on any atom is 0.188 e. The summed E-state index contributed by atoms with van der Waals surface area (Å²) >= 11 is 0. The van der Waals surface area contributed by atoms with Gasteiger partial charge in [-0.15, -0.1) is 0 Å². The molecule has 0 radical (unpaired) electrons. The van der Waals surface area contributed by atoms with Crippen molar-refractivity contribution in [2.45, 2.75) is 155 Å². The van der Waals surface area contributed by atoms with Gasteiger partial charge in [-0.3, -0.25) is 0 Å². The predicted octanol–water partition coefficient (Wildman–Crippen LogP) is 9.71. The van der Waals surface area contributed by atoms with Gasteiger partial charge in [0.25, 0.3) is 0 Å². The van der Waals surface area contributed by atoms with Crippen LogP contribution in [0.15, 0.2) is 12.3 Å². The van der Waals surface area contributed by atoms with Gasteiger partial charge in [0, 0.05) is 13.2 Å². The molecule has 0 amide bonds. The monoisotopic (exact) mass is 484 g/mol. The molecule has 0 aromatic heterocycles. The fourth-order valence-electron chi connectivity index (χ4n) is 3.94. The molecule has 0 spiro atoms. The predicted molar refractivity (Wildman–Crippen MR) is 146 cm³/mol. The van der Waals surface area contributed by atoms with E-state index in [1.807, 2.05) is 0 Å². The van der Waals surface area contributed by atoms with Gasteiger partial charge in [-0.1, -0.05) is 104 Å². The minimum Gasteiger partial charge on any atom is -0.475 e. The van der Waals surface area contributed by atoms with E-state index in [4.69, 9.17) is 18.9 Å². The van der Waals surface area contributed by atoms with E-state index in [0.717, 1.165) is 39.1 Å². The largest absolute Gasteiger partial charge is 0.475 e. The van der Waals surface area contributed by atoms with Crippen LogP contribution in [-0.2, 0) is 18.9 Å². The molecule has 204 valence electrons. The number of rotatable bonds is 29. The van der Waals surface area contributed by atoms with Crippen molar-refractivity contribution in [2.75, 3.05) is 26.6 Å². The van der Waals surface area contributed by atoms with E-state index in [0.29, 0.717) is 6.79 Å². The van der Waals surface area contributed by atoms with Crippen LogP contribution in [0, 0.1) is 0 Å². The Kier molecular flexibility index (Phi) is 29.9. The smallest absolute Gasteiger partial charge is 0.188 e. The molecule has 0 aromatic rings. The zero-order valence-electron chi connectivity index (χ0n) is 23.3. The van der Waals surface area contributed by atoms with Crippen molar-refractivity contribution >= 4 is 0 Å². The van der Waals surface area contributed by atoms with Crippen molar-refractivity contribution in [3.8, 4) is 0 Å². The Hall–Kier alpha value is -0.580. The maximum absolute atomic E-state index is 6.08. The lowest BCUT2D eigenvalue weighted by Gasteiger charge is -2.19. The number of ether oxygens (including phenoxy) is 4. The summed E-state index contributed by atoms with van der Waals surface area (Å²) in [7, 11) is 0. The van der Waals surface area contributed by atoms with E-state index < -0.39 is 0 Å². The highest BCUT2D eigenvalue weighted by Gasteiger charge is 2.09. The van der Waals surface area contributed by atoms with E-state index in [9.17, 15) is 0 Å². The highest BCUT2D eigenvalue weighted by Crippen LogP contribution is 2.15. The first-order chi connectivity index (χ1) is 16.8. The molecule has 0 unspecified atom stereocenters. The third kappa shape index (κ3) is 27.7. The van der Waals surface area contributed by atoms with E-state index >= 15 is 0 Å². The van der Waals surface area contributed by atoms with Crippen LogP contribution in [0.3, 0.4) is 0 Å².